The minimum Gasteiger partial charge on any atom is -0.478 e. The average molecular weight is 467 g/mol. The highest BCUT2D eigenvalue weighted by atomic mass is 32.2. The van der Waals surface area contributed by atoms with Crippen LogP contribution in [0.3, 0.4) is 0 Å². The third-order valence-corrected chi connectivity index (χ3v) is 8.40. The number of thioether (sulfide) groups is 1. The van der Waals surface area contributed by atoms with Gasteiger partial charge in [0.1, 0.15) is 5.60 Å². The van der Waals surface area contributed by atoms with Crippen molar-refractivity contribution in [2.75, 3.05) is 30.3 Å². The number of nitrogens with zero attached hydrogens (tertiary/aromatic N) is 2. The molecule has 33 heavy (non-hydrogen) atoms. The first-order chi connectivity index (χ1) is 15.7. The van der Waals surface area contributed by atoms with Gasteiger partial charge >= 0.3 is 12.1 Å². The van der Waals surface area contributed by atoms with Crippen molar-refractivity contribution in [1.82, 2.24) is 4.90 Å². The SMILES string of the molecule is CC1(C)CCSc2ccc(CN3CCC4(CC3)CN(c3ccc(C(=O)O)cc3)C(=O)O4)cc21. The predicted molar refractivity (Wildman–Crippen MR) is 129 cm³/mol. The van der Waals surface area contributed by atoms with Crippen molar-refractivity contribution in [3.05, 3.63) is 59.2 Å². The molecular weight excluding hydrogens is 436 g/mol. The molecule has 2 aromatic rings. The van der Waals surface area contributed by atoms with Crippen LogP contribution in [-0.4, -0.2) is 53.1 Å². The van der Waals surface area contributed by atoms with Gasteiger partial charge in [-0.25, -0.2) is 9.59 Å². The van der Waals surface area contributed by atoms with Crippen LogP contribution in [0.25, 0.3) is 0 Å². The normalized spacial score (nSPS) is 21.6. The van der Waals surface area contributed by atoms with E-state index in [2.05, 4.69) is 36.9 Å². The lowest BCUT2D eigenvalue weighted by atomic mass is 9.81. The van der Waals surface area contributed by atoms with Gasteiger partial charge in [-0.05, 0) is 59.0 Å². The number of fused-ring (bicyclic) bond motifs is 1. The largest absolute Gasteiger partial charge is 0.478 e. The summed E-state index contributed by atoms with van der Waals surface area (Å²) in [5.41, 5.74) is 3.47. The molecule has 5 rings (SSSR count). The van der Waals surface area contributed by atoms with Crippen molar-refractivity contribution in [2.24, 2.45) is 0 Å². The summed E-state index contributed by atoms with van der Waals surface area (Å²) in [4.78, 5) is 29.2. The number of ether oxygens (including phenoxy) is 1. The fourth-order valence-corrected chi connectivity index (χ4v) is 6.61. The number of aromatic carboxylic acids is 1. The standard InChI is InChI=1S/C26H30N2O4S/c1-25(2)11-14-33-22-8-3-18(15-21(22)25)16-27-12-9-26(10-13-27)17-28(24(31)32-26)20-6-4-19(5-7-20)23(29)30/h3-8,15H,9-14,16-17H2,1-2H3,(H,29,30). The molecule has 3 aliphatic rings. The Balaban J connectivity index is 1.22. The van der Waals surface area contributed by atoms with E-state index >= 15 is 0 Å². The lowest BCUT2D eigenvalue weighted by Gasteiger charge is -2.38. The summed E-state index contributed by atoms with van der Waals surface area (Å²) in [5.74, 6) is 0.211. The number of likely N-dealkylation sites (tertiary alicyclic amines) is 1. The van der Waals surface area contributed by atoms with Crippen LogP contribution < -0.4 is 4.90 Å². The molecule has 2 fully saturated rings. The summed E-state index contributed by atoms with van der Waals surface area (Å²) < 4.78 is 5.88. The zero-order valence-electron chi connectivity index (χ0n) is 19.2. The lowest BCUT2D eigenvalue weighted by molar-refractivity contribution is -0.000989. The van der Waals surface area contributed by atoms with E-state index < -0.39 is 11.6 Å². The van der Waals surface area contributed by atoms with E-state index in [-0.39, 0.29) is 17.1 Å². The molecule has 0 radical (unpaired) electrons. The summed E-state index contributed by atoms with van der Waals surface area (Å²) >= 11 is 1.96. The molecular formula is C26H30N2O4S. The second-order valence-electron chi connectivity index (χ2n) is 10.1. The zero-order chi connectivity index (χ0) is 23.2. The van der Waals surface area contributed by atoms with Crippen LogP contribution in [-0.2, 0) is 16.7 Å². The van der Waals surface area contributed by atoms with E-state index in [4.69, 9.17) is 9.84 Å². The molecule has 0 aromatic heterocycles. The van der Waals surface area contributed by atoms with Crippen molar-refractivity contribution in [3.8, 4) is 0 Å². The summed E-state index contributed by atoms with van der Waals surface area (Å²) in [5, 5.41) is 9.10. The number of anilines is 1. The molecule has 2 aromatic carbocycles. The zero-order valence-corrected chi connectivity index (χ0v) is 20.0. The highest BCUT2D eigenvalue weighted by molar-refractivity contribution is 7.99. The van der Waals surface area contributed by atoms with Crippen LogP contribution in [0.15, 0.2) is 47.4 Å². The predicted octanol–water partition coefficient (Wildman–Crippen LogP) is 5.15. The Hall–Kier alpha value is -2.51. The number of carbonyl (C=O) groups excluding carboxylic acids is 1. The van der Waals surface area contributed by atoms with Crippen LogP contribution in [0.5, 0.6) is 0 Å². The second kappa shape index (κ2) is 8.37. The van der Waals surface area contributed by atoms with E-state index in [1.54, 1.807) is 17.0 Å². The topological polar surface area (TPSA) is 70.1 Å². The molecule has 1 N–H and O–H groups in total. The fraction of sp³-hybridized carbons (Fsp3) is 0.462. The number of hydrogen-bond acceptors (Lipinski definition) is 5. The number of carboxylic acids is 1. The van der Waals surface area contributed by atoms with Gasteiger partial charge in [0.05, 0.1) is 12.1 Å². The molecule has 2 saturated heterocycles. The molecule has 7 heteroatoms. The number of amides is 1. The van der Waals surface area contributed by atoms with Gasteiger partial charge in [-0.2, -0.15) is 0 Å². The highest BCUT2D eigenvalue weighted by Gasteiger charge is 2.47. The Morgan fingerprint density at radius 2 is 1.82 bits per heavy atom. The van der Waals surface area contributed by atoms with Gasteiger partial charge in [-0.3, -0.25) is 9.80 Å². The van der Waals surface area contributed by atoms with E-state index in [1.165, 1.54) is 40.3 Å². The van der Waals surface area contributed by atoms with Gasteiger partial charge in [0.25, 0.3) is 0 Å². The number of benzene rings is 2. The molecule has 1 amide bonds. The number of carboxylic acid groups (broad SMARTS) is 1. The average Bonchev–Trinajstić information content (AvgIpc) is 3.11. The monoisotopic (exact) mass is 466 g/mol. The molecule has 3 aliphatic heterocycles. The number of piperidine rings is 1. The minimum absolute atomic E-state index is 0.207. The van der Waals surface area contributed by atoms with E-state index in [9.17, 15) is 9.59 Å². The third kappa shape index (κ3) is 4.36. The van der Waals surface area contributed by atoms with Crippen molar-refractivity contribution < 1.29 is 19.4 Å². The minimum atomic E-state index is -0.976. The highest BCUT2D eigenvalue weighted by Crippen LogP contribution is 2.42. The second-order valence-corrected chi connectivity index (χ2v) is 11.2. The Morgan fingerprint density at radius 3 is 2.52 bits per heavy atom. The summed E-state index contributed by atoms with van der Waals surface area (Å²) in [6, 6.07) is 13.3. The van der Waals surface area contributed by atoms with Gasteiger partial charge in [0.15, 0.2) is 0 Å². The maximum atomic E-state index is 12.6. The maximum absolute atomic E-state index is 12.6. The van der Waals surface area contributed by atoms with Crippen molar-refractivity contribution >= 4 is 29.5 Å². The van der Waals surface area contributed by atoms with Gasteiger partial charge in [-0.15, -0.1) is 11.8 Å². The first kappa shape index (κ1) is 22.3. The first-order valence-electron chi connectivity index (χ1n) is 11.6. The number of rotatable bonds is 4. The molecule has 0 unspecified atom stereocenters. The van der Waals surface area contributed by atoms with Crippen LogP contribution >= 0.6 is 11.8 Å². The molecule has 1 spiro atoms. The van der Waals surface area contributed by atoms with E-state index in [0.29, 0.717) is 12.2 Å². The van der Waals surface area contributed by atoms with Gasteiger partial charge < -0.3 is 9.84 Å². The molecule has 6 nitrogen and oxygen atoms in total. The molecule has 0 bridgehead atoms. The summed E-state index contributed by atoms with van der Waals surface area (Å²) in [6.07, 6.45) is 2.46. The third-order valence-electron chi connectivity index (χ3n) is 7.33. The van der Waals surface area contributed by atoms with Crippen molar-refractivity contribution in [2.45, 2.75) is 55.6 Å². The summed E-state index contributed by atoms with van der Waals surface area (Å²) in [6.45, 7) is 7.88. The van der Waals surface area contributed by atoms with Crippen molar-refractivity contribution in [3.63, 3.8) is 0 Å². The molecule has 3 heterocycles. The fourth-order valence-electron chi connectivity index (χ4n) is 5.12. The van der Waals surface area contributed by atoms with Crippen LogP contribution in [0.1, 0.15) is 54.6 Å². The Labute approximate surface area is 198 Å². The molecule has 174 valence electrons. The Morgan fingerprint density at radius 1 is 1.09 bits per heavy atom. The van der Waals surface area contributed by atoms with Crippen LogP contribution in [0.2, 0.25) is 0 Å². The smallest absolute Gasteiger partial charge is 0.415 e. The van der Waals surface area contributed by atoms with Gasteiger partial charge in [0.2, 0.25) is 0 Å². The lowest BCUT2D eigenvalue weighted by Crippen LogP contribution is -2.46. The van der Waals surface area contributed by atoms with E-state index in [1.807, 2.05) is 11.8 Å². The first-order valence-corrected chi connectivity index (χ1v) is 12.6. The van der Waals surface area contributed by atoms with Crippen molar-refractivity contribution in [1.29, 1.82) is 0 Å². The number of hydrogen-bond donors (Lipinski definition) is 1. The van der Waals surface area contributed by atoms with E-state index in [0.717, 1.165) is 32.5 Å². The van der Waals surface area contributed by atoms with Gasteiger partial charge in [0, 0.05) is 43.1 Å². The summed E-state index contributed by atoms with van der Waals surface area (Å²) in [7, 11) is 0. The maximum Gasteiger partial charge on any atom is 0.415 e. The van der Waals surface area contributed by atoms with Gasteiger partial charge in [-0.1, -0.05) is 26.0 Å². The Kier molecular flexibility index (Phi) is 5.65. The van der Waals surface area contributed by atoms with Crippen LogP contribution in [0.4, 0.5) is 10.5 Å². The van der Waals surface area contributed by atoms with Crippen LogP contribution in [0, 0.1) is 0 Å². The molecule has 0 aliphatic carbocycles. The quantitative estimate of drug-likeness (QED) is 0.672. The number of carbonyl (C=O) groups is 2. The Bertz CT molecular complexity index is 1070. The molecule has 0 atom stereocenters. The molecule has 0 saturated carbocycles.